The van der Waals surface area contributed by atoms with E-state index in [2.05, 4.69) is 44.6 Å². The van der Waals surface area contributed by atoms with Gasteiger partial charge in [0.25, 0.3) is 0 Å². The molecule has 3 heterocycles. The highest BCUT2D eigenvalue weighted by atomic mass is 32.1. The van der Waals surface area contributed by atoms with Crippen LogP contribution in [0.1, 0.15) is 23.3 Å². The molecule has 33 heavy (non-hydrogen) atoms. The van der Waals surface area contributed by atoms with E-state index in [9.17, 15) is 4.79 Å². The maximum absolute atomic E-state index is 12.9. The van der Waals surface area contributed by atoms with Crippen molar-refractivity contribution in [2.75, 3.05) is 11.9 Å². The second-order valence-corrected chi connectivity index (χ2v) is 8.24. The van der Waals surface area contributed by atoms with E-state index in [-0.39, 0.29) is 24.5 Å². The van der Waals surface area contributed by atoms with E-state index in [0.717, 1.165) is 22.6 Å². The van der Waals surface area contributed by atoms with Gasteiger partial charge >= 0.3 is 0 Å². The standard InChI is InChI=1S/C26H23N5OS/c32-23(28-20-9-3-1-4-10-20)18-31-25(24(29-26(31)33)22-13-7-8-15-27-22)19-14-16-30(17-19)21-11-5-2-6-12-21/h1-17,24-25H,18H2,(H,28,32)(H,29,33)/t24-,25+/m1/s1. The molecule has 0 bridgehead atoms. The fourth-order valence-corrected chi connectivity index (χ4v) is 4.47. The van der Waals surface area contributed by atoms with Gasteiger partial charge in [-0.3, -0.25) is 9.78 Å². The lowest BCUT2D eigenvalue weighted by Crippen LogP contribution is -2.37. The van der Waals surface area contributed by atoms with Gasteiger partial charge < -0.3 is 20.1 Å². The Kier molecular flexibility index (Phi) is 5.87. The second-order valence-electron chi connectivity index (χ2n) is 7.86. The molecule has 1 amide bonds. The molecule has 0 aliphatic carbocycles. The fourth-order valence-electron chi connectivity index (χ4n) is 4.16. The molecular weight excluding hydrogens is 430 g/mol. The number of hydrogen-bond acceptors (Lipinski definition) is 3. The van der Waals surface area contributed by atoms with Crippen molar-refractivity contribution in [3.8, 4) is 5.69 Å². The number of pyridine rings is 1. The third-order valence-corrected chi connectivity index (χ3v) is 6.03. The first-order valence-electron chi connectivity index (χ1n) is 10.8. The van der Waals surface area contributed by atoms with E-state index in [4.69, 9.17) is 12.2 Å². The first-order chi connectivity index (χ1) is 16.2. The largest absolute Gasteiger partial charge is 0.352 e. The van der Waals surface area contributed by atoms with Crippen LogP contribution in [0.4, 0.5) is 5.69 Å². The van der Waals surface area contributed by atoms with Crippen LogP contribution in [-0.4, -0.2) is 32.0 Å². The molecule has 2 N–H and O–H groups in total. The summed E-state index contributed by atoms with van der Waals surface area (Å²) in [5.41, 5.74) is 3.76. The first-order valence-corrected chi connectivity index (χ1v) is 11.2. The smallest absolute Gasteiger partial charge is 0.244 e. The molecule has 164 valence electrons. The van der Waals surface area contributed by atoms with Crippen molar-refractivity contribution >= 4 is 28.9 Å². The summed E-state index contributed by atoms with van der Waals surface area (Å²) in [6, 6.07) is 27.1. The van der Waals surface area contributed by atoms with Gasteiger partial charge in [-0.15, -0.1) is 0 Å². The molecule has 1 fully saturated rings. The summed E-state index contributed by atoms with van der Waals surface area (Å²) in [6.07, 6.45) is 5.90. The summed E-state index contributed by atoms with van der Waals surface area (Å²) in [4.78, 5) is 19.4. The van der Waals surface area contributed by atoms with Crippen molar-refractivity contribution in [1.82, 2.24) is 19.8 Å². The number of nitrogens with zero attached hydrogens (tertiary/aromatic N) is 3. The minimum Gasteiger partial charge on any atom is -0.352 e. The van der Waals surface area contributed by atoms with Crippen LogP contribution in [-0.2, 0) is 4.79 Å². The maximum Gasteiger partial charge on any atom is 0.244 e. The monoisotopic (exact) mass is 453 g/mol. The van der Waals surface area contributed by atoms with E-state index >= 15 is 0 Å². The molecule has 4 aromatic rings. The predicted molar refractivity (Wildman–Crippen MR) is 133 cm³/mol. The van der Waals surface area contributed by atoms with E-state index in [1.807, 2.05) is 77.8 Å². The Balaban J connectivity index is 1.46. The highest BCUT2D eigenvalue weighted by molar-refractivity contribution is 7.80. The third-order valence-electron chi connectivity index (χ3n) is 5.68. The van der Waals surface area contributed by atoms with E-state index < -0.39 is 0 Å². The Labute approximate surface area is 197 Å². The maximum atomic E-state index is 12.9. The number of carbonyl (C=O) groups is 1. The van der Waals surface area contributed by atoms with Crippen molar-refractivity contribution in [2.24, 2.45) is 0 Å². The molecule has 0 radical (unpaired) electrons. The summed E-state index contributed by atoms with van der Waals surface area (Å²) < 4.78 is 2.08. The predicted octanol–water partition coefficient (Wildman–Crippen LogP) is 4.48. The summed E-state index contributed by atoms with van der Waals surface area (Å²) in [6.45, 7) is 0.130. The molecule has 6 nitrogen and oxygen atoms in total. The van der Waals surface area contributed by atoms with Crippen molar-refractivity contribution < 1.29 is 4.79 Å². The number of nitrogens with one attached hydrogen (secondary N) is 2. The Morgan fingerprint density at radius 3 is 2.42 bits per heavy atom. The van der Waals surface area contributed by atoms with Gasteiger partial charge in [-0.05, 0) is 60.2 Å². The highest BCUT2D eigenvalue weighted by Crippen LogP contribution is 2.38. The number of rotatable bonds is 6. The molecule has 7 heteroatoms. The molecular formula is C26H23N5OS. The van der Waals surface area contributed by atoms with Gasteiger partial charge in [0.05, 0.1) is 17.8 Å². The van der Waals surface area contributed by atoms with Crippen molar-refractivity contribution in [2.45, 2.75) is 12.1 Å². The van der Waals surface area contributed by atoms with E-state index in [1.54, 1.807) is 6.20 Å². The lowest BCUT2D eigenvalue weighted by atomic mass is 9.99. The van der Waals surface area contributed by atoms with Crippen LogP contribution in [0, 0.1) is 0 Å². The number of para-hydroxylation sites is 2. The Hall–Kier alpha value is -3.97. The van der Waals surface area contributed by atoms with Crippen molar-refractivity contribution in [1.29, 1.82) is 0 Å². The molecule has 2 atom stereocenters. The Bertz CT molecular complexity index is 1240. The molecule has 0 spiro atoms. The quantitative estimate of drug-likeness (QED) is 0.422. The number of carbonyl (C=O) groups excluding carboxylic acids is 1. The minimum absolute atomic E-state index is 0.125. The van der Waals surface area contributed by atoms with Gasteiger partial charge in [0, 0.05) is 30.0 Å². The lowest BCUT2D eigenvalue weighted by Gasteiger charge is -2.26. The molecule has 1 aliphatic rings. The third kappa shape index (κ3) is 4.49. The summed E-state index contributed by atoms with van der Waals surface area (Å²) in [7, 11) is 0. The average molecular weight is 454 g/mol. The van der Waals surface area contributed by atoms with Crippen LogP contribution in [0.25, 0.3) is 5.69 Å². The highest BCUT2D eigenvalue weighted by Gasteiger charge is 2.41. The molecule has 1 aliphatic heterocycles. The number of hydrogen-bond donors (Lipinski definition) is 2. The molecule has 0 saturated carbocycles. The molecule has 2 aromatic carbocycles. The normalized spacial score (nSPS) is 17.6. The topological polar surface area (TPSA) is 62.2 Å². The molecule has 5 rings (SSSR count). The van der Waals surface area contributed by atoms with Crippen LogP contribution in [0.3, 0.4) is 0 Å². The molecule has 0 unspecified atom stereocenters. The number of amides is 1. The SMILES string of the molecule is O=C(CN1C(=S)N[C@H](c2ccccn2)[C@@H]1c1ccn(-c2ccccc2)c1)Nc1ccccc1. The van der Waals surface area contributed by atoms with Crippen LogP contribution < -0.4 is 10.6 Å². The van der Waals surface area contributed by atoms with Gasteiger partial charge in [0.1, 0.15) is 6.54 Å². The first kappa shape index (κ1) is 20.9. The van der Waals surface area contributed by atoms with Gasteiger partial charge in [0.15, 0.2) is 5.11 Å². The zero-order chi connectivity index (χ0) is 22.6. The van der Waals surface area contributed by atoms with E-state index in [0.29, 0.717) is 5.11 Å². The number of thiocarbonyl (C=S) groups is 1. The van der Waals surface area contributed by atoms with Crippen molar-refractivity contribution in [3.05, 3.63) is 115 Å². The van der Waals surface area contributed by atoms with Crippen molar-refractivity contribution in [3.63, 3.8) is 0 Å². The molecule has 2 aromatic heterocycles. The van der Waals surface area contributed by atoms with Gasteiger partial charge in [-0.2, -0.15) is 0 Å². The second kappa shape index (κ2) is 9.26. The van der Waals surface area contributed by atoms with Crippen LogP contribution in [0.2, 0.25) is 0 Å². The van der Waals surface area contributed by atoms with Crippen LogP contribution in [0.15, 0.2) is 104 Å². The minimum atomic E-state index is -0.182. The summed E-state index contributed by atoms with van der Waals surface area (Å²) in [5.74, 6) is -0.125. The van der Waals surface area contributed by atoms with E-state index in [1.165, 1.54) is 0 Å². The fraction of sp³-hybridized carbons (Fsp3) is 0.115. The summed E-state index contributed by atoms with van der Waals surface area (Å²) >= 11 is 5.68. The number of aromatic nitrogens is 2. The Morgan fingerprint density at radius 2 is 1.70 bits per heavy atom. The Morgan fingerprint density at radius 1 is 0.970 bits per heavy atom. The van der Waals surface area contributed by atoms with Crippen LogP contribution in [0.5, 0.6) is 0 Å². The molecule has 1 saturated heterocycles. The lowest BCUT2D eigenvalue weighted by molar-refractivity contribution is -0.116. The number of benzene rings is 2. The van der Waals surface area contributed by atoms with Gasteiger partial charge in [-0.1, -0.05) is 42.5 Å². The average Bonchev–Trinajstić information content (AvgIpc) is 3.46. The zero-order valence-electron chi connectivity index (χ0n) is 17.8. The van der Waals surface area contributed by atoms with Crippen LogP contribution >= 0.6 is 12.2 Å². The van der Waals surface area contributed by atoms with Gasteiger partial charge in [0.2, 0.25) is 5.91 Å². The van der Waals surface area contributed by atoms with Gasteiger partial charge in [-0.25, -0.2) is 0 Å². The number of anilines is 1. The summed E-state index contributed by atoms with van der Waals surface area (Å²) in [5, 5.41) is 6.88. The zero-order valence-corrected chi connectivity index (χ0v) is 18.7.